The Kier molecular flexibility index (Phi) is 4.78. The third-order valence-electron chi connectivity index (χ3n) is 3.65. The predicted octanol–water partition coefficient (Wildman–Crippen LogP) is 2.80. The zero-order valence-electron chi connectivity index (χ0n) is 10.8. The van der Waals surface area contributed by atoms with E-state index in [4.69, 9.17) is 5.11 Å². The highest BCUT2D eigenvalue weighted by molar-refractivity contribution is 5.66. The molecule has 0 aliphatic heterocycles. The summed E-state index contributed by atoms with van der Waals surface area (Å²) in [5.41, 5.74) is 0.502. The molecule has 0 aromatic rings. The van der Waals surface area contributed by atoms with Gasteiger partial charge < -0.3 is 10.4 Å². The first-order valence-electron chi connectivity index (χ1n) is 6.37. The van der Waals surface area contributed by atoms with Crippen LogP contribution >= 0.6 is 0 Å². The second kappa shape index (κ2) is 5.67. The molecule has 0 saturated heterocycles. The quantitative estimate of drug-likeness (QED) is 0.759. The van der Waals surface area contributed by atoms with Crippen molar-refractivity contribution in [2.24, 2.45) is 5.41 Å². The van der Waals surface area contributed by atoms with Gasteiger partial charge in [-0.2, -0.15) is 0 Å². The number of carboxylic acid groups (broad SMARTS) is 1. The highest BCUT2D eigenvalue weighted by Crippen LogP contribution is 2.35. The molecule has 0 amide bonds. The minimum absolute atomic E-state index is 0.270. The van der Waals surface area contributed by atoms with Gasteiger partial charge >= 0.3 is 5.97 Å². The summed E-state index contributed by atoms with van der Waals surface area (Å²) in [6.07, 6.45) is 6.00. The molecule has 0 bridgehead atoms. The molecule has 1 rings (SSSR count). The largest absolute Gasteiger partial charge is 0.481 e. The maximum absolute atomic E-state index is 10.5. The van der Waals surface area contributed by atoms with Crippen molar-refractivity contribution in [3.05, 3.63) is 0 Å². The Bertz CT molecular complexity index is 228. The number of rotatable bonds is 5. The molecular weight excluding hydrogens is 202 g/mol. The molecule has 2 N–H and O–H groups in total. The molecule has 0 heterocycles. The van der Waals surface area contributed by atoms with Crippen LogP contribution in [0, 0.1) is 5.41 Å². The Morgan fingerprint density at radius 3 is 2.50 bits per heavy atom. The lowest BCUT2D eigenvalue weighted by Gasteiger charge is -2.36. The third-order valence-corrected chi connectivity index (χ3v) is 3.65. The Hall–Kier alpha value is -0.570. The number of nitrogens with one attached hydrogen (secondary N) is 1. The molecule has 1 atom stereocenters. The van der Waals surface area contributed by atoms with Gasteiger partial charge in [0.25, 0.3) is 0 Å². The number of hydrogen-bond donors (Lipinski definition) is 2. The van der Waals surface area contributed by atoms with Crippen LogP contribution in [0.25, 0.3) is 0 Å². The predicted molar refractivity (Wildman–Crippen MR) is 65.5 cm³/mol. The lowest BCUT2D eigenvalue weighted by molar-refractivity contribution is -0.137. The van der Waals surface area contributed by atoms with Gasteiger partial charge in [0, 0.05) is 18.5 Å². The van der Waals surface area contributed by atoms with Gasteiger partial charge in [-0.25, -0.2) is 0 Å². The first kappa shape index (κ1) is 13.5. The van der Waals surface area contributed by atoms with Crippen molar-refractivity contribution in [1.82, 2.24) is 5.32 Å². The first-order chi connectivity index (χ1) is 7.39. The lowest BCUT2D eigenvalue weighted by Crippen LogP contribution is -2.40. The van der Waals surface area contributed by atoms with E-state index >= 15 is 0 Å². The molecule has 1 unspecified atom stereocenters. The molecule has 1 fully saturated rings. The monoisotopic (exact) mass is 227 g/mol. The average Bonchev–Trinajstić information content (AvgIpc) is 2.18. The van der Waals surface area contributed by atoms with Crippen LogP contribution in [0.2, 0.25) is 0 Å². The minimum atomic E-state index is -0.696. The second-order valence-electron chi connectivity index (χ2n) is 5.94. The summed E-state index contributed by atoms with van der Waals surface area (Å²) in [6.45, 7) is 6.75. The smallest absolute Gasteiger partial charge is 0.303 e. The van der Waals surface area contributed by atoms with E-state index in [-0.39, 0.29) is 6.42 Å². The van der Waals surface area contributed by atoms with Gasteiger partial charge in [-0.05, 0) is 44.4 Å². The molecular formula is C13H25NO2. The lowest BCUT2D eigenvalue weighted by atomic mass is 9.75. The molecule has 0 aromatic carbocycles. The van der Waals surface area contributed by atoms with Gasteiger partial charge in [-0.1, -0.05) is 13.8 Å². The fourth-order valence-corrected chi connectivity index (χ4v) is 2.39. The van der Waals surface area contributed by atoms with E-state index in [2.05, 4.69) is 26.1 Å². The Balaban J connectivity index is 2.20. The van der Waals surface area contributed by atoms with Gasteiger partial charge in [-0.3, -0.25) is 4.79 Å². The summed E-state index contributed by atoms with van der Waals surface area (Å²) in [5, 5.41) is 12.2. The second-order valence-corrected chi connectivity index (χ2v) is 5.94. The van der Waals surface area contributed by atoms with Crippen molar-refractivity contribution in [2.75, 3.05) is 0 Å². The molecule has 0 radical (unpaired) electrons. The van der Waals surface area contributed by atoms with Gasteiger partial charge in [0.15, 0.2) is 0 Å². The van der Waals surface area contributed by atoms with E-state index < -0.39 is 5.97 Å². The van der Waals surface area contributed by atoms with Crippen LogP contribution in [0.5, 0.6) is 0 Å². The Morgan fingerprint density at radius 2 is 2.00 bits per heavy atom. The highest BCUT2D eigenvalue weighted by Gasteiger charge is 2.27. The van der Waals surface area contributed by atoms with Crippen molar-refractivity contribution in [3.63, 3.8) is 0 Å². The van der Waals surface area contributed by atoms with Gasteiger partial charge in [0.1, 0.15) is 0 Å². The normalized spacial score (nSPS) is 22.9. The molecule has 16 heavy (non-hydrogen) atoms. The van der Waals surface area contributed by atoms with Crippen molar-refractivity contribution in [3.8, 4) is 0 Å². The van der Waals surface area contributed by atoms with E-state index in [1.54, 1.807) is 0 Å². The zero-order chi connectivity index (χ0) is 12.2. The molecule has 94 valence electrons. The molecule has 3 heteroatoms. The topological polar surface area (TPSA) is 49.3 Å². The van der Waals surface area contributed by atoms with Gasteiger partial charge in [0.2, 0.25) is 0 Å². The average molecular weight is 227 g/mol. The molecule has 0 spiro atoms. The summed E-state index contributed by atoms with van der Waals surface area (Å²) >= 11 is 0. The van der Waals surface area contributed by atoms with Crippen LogP contribution in [0.4, 0.5) is 0 Å². The van der Waals surface area contributed by atoms with Crippen LogP contribution in [-0.2, 0) is 4.79 Å². The SMILES string of the molecule is CC(CCC(=O)O)NC1CCC(C)(C)CC1. The maximum Gasteiger partial charge on any atom is 0.303 e. The minimum Gasteiger partial charge on any atom is -0.481 e. The van der Waals surface area contributed by atoms with E-state index in [0.717, 1.165) is 6.42 Å². The molecule has 1 saturated carbocycles. The Morgan fingerprint density at radius 1 is 1.44 bits per heavy atom. The zero-order valence-corrected chi connectivity index (χ0v) is 10.8. The van der Waals surface area contributed by atoms with E-state index in [0.29, 0.717) is 17.5 Å². The maximum atomic E-state index is 10.5. The van der Waals surface area contributed by atoms with E-state index in [1.165, 1.54) is 25.7 Å². The number of hydrogen-bond acceptors (Lipinski definition) is 2. The highest BCUT2D eigenvalue weighted by atomic mass is 16.4. The summed E-state index contributed by atoms with van der Waals surface area (Å²) in [6, 6.07) is 0.916. The molecule has 3 nitrogen and oxygen atoms in total. The summed E-state index contributed by atoms with van der Waals surface area (Å²) in [5.74, 6) is -0.696. The third kappa shape index (κ3) is 4.97. The Labute approximate surface area is 98.6 Å². The van der Waals surface area contributed by atoms with Crippen molar-refractivity contribution < 1.29 is 9.90 Å². The standard InChI is InChI=1S/C13H25NO2/c1-10(4-5-12(15)16)14-11-6-8-13(2,3)9-7-11/h10-11,14H,4-9H2,1-3H3,(H,15,16). The van der Waals surface area contributed by atoms with Crippen LogP contribution < -0.4 is 5.32 Å². The number of carboxylic acids is 1. The number of carbonyl (C=O) groups is 1. The van der Waals surface area contributed by atoms with Crippen LogP contribution in [-0.4, -0.2) is 23.2 Å². The fraction of sp³-hybridized carbons (Fsp3) is 0.923. The summed E-state index contributed by atoms with van der Waals surface area (Å²) in [4.78, 5) is 10.5. The summed E-state index contributed by atoms with van der Waals surface area (Å²) < 4.78 is 0. The number of aliphatic carboxylic acids is 1. The summed E-state index contributed by atoms with van der Waals surface area (Å²) in [7, 11) is 0. The van der Waals surface area contributed by atoms with Crippen LogP contribution in [0.1, 0.15) is 59.3 Å². The molecule has 1 aliphatic carbocycles. The molecule has 1 aliphatic rings. The van der Waals surface area contributed by atoms with Crippen molar-refractivity contribution >= 4 is 5.97 Å². The van der Waals surface area contributed by atoms with Crippen LogP contribution in [0.3, 0.4) is 0 Å². The van der Waals surface area contributed by atoms with E-state index in [1.807, 2.05) is 0 Å². The van der Waals surface area contributed by atoms with E-state index in [9.17, 15) is 4.79 Å². The van der Waals surface area contributed by atoms with Gasteiger partial charge in [0.05, 0.1) is 0 Å². The van der Waals surface area contributed by atoms with Crippen LogP contribution in [0.15, 0.2) is 0 Å². The van der Waals surface area contributed by atoms with Crippen molar-refractivity contribution in [2.45, 2.75) is 71.4 Å². The molecule has 0 aromatic heterocycles. The first-order valence-corrected chi connectivity index (χ1v) is 6.37. The van der Waals surface area contributed by atoms with Gasteiger partial charge in [-0.15, -0.1) is 0 Å². The van der Waals surface area contributed by atoms with Crippen molar-refractivity contribution in [1.29, 1.82) is 0 Å². The fourth-order valence-electron chi connectivity index (χ4n) is 2.39.